The Balaban J connectivity index is 2.06. The summed E-state index contributed by atoms with van der Waals surface area (Å²) in [5.41, 5.74) is 4.44. The molecule has 2 heterocycles. The van der Waals surface area contributed by atoms with Crippen LogP contribution in [0.4, 0.5) is 0 Å². The summed E-state index contributed by atoms with van der Waals surface area (Å²) >= 11 is 0. The molecule has 0 spiro atoms. The average molecular weight is 220 g/mol. The maximum absolute atomic E-state index is 4.36. The number of hydrogen-bond donors (Lipinski definition) is 1. The zero-order valence-corrected chi connectivity index (χ0v) is 9.30. The van der Waals surface area contributed by atoms with Gasteiger partial charge in [-0.25, -0.2) is 0 Å². The molecular formula is C15H12N2. The molecule has 0 bridgehead atoms. The largest absolute Gasteiger partial charge is 0.361 e. The van der Waals surface area contributed by atoms with Crippen LogP contribution in [0.5, 0.6) is 0 Å². The highest BCUT2D eigenvalue weighted by Crippen LogP contribution is 2.23. The van der Waals surface area contributed by atoms with E-state index in [1.165, 1.54) is 5.56 Å². The third-order valence-electron chi connectivity index (χ3n) is 2.73. The third-order valence-corrected chi connectivity index (χ3v) is 2.73. The Bertz CT molecular complexity index is 598. The van der Waals surface area contributed by atoms with Gasteiger partial charge in [0.05, 0.1) is 5.69 Å². The zero-order valence-electron chi connectivity index (χ0n) is 9.30. The highest BCUT2D eigenvalue weighted by molar-refractivity contribution is 5.69. The van der Waals surface area contributed by atoms with Crippen LogP contribution in [0, 0.1) is 0 Å². The van der Waals surface area contributed by atoms with Crippen LogP contribution in [0.25, 0.3) is 22.5 Å². The first-order chi connectivity index (χ1) is 8.43. The van der Waals surface area contributed by atoms with Crippen LogP contribution < -0.4 is 0 Å². The molecule has 0 unspecified atom stereocenters. The minimum atomic E-state index is 1.00. The molecule has 0 saturated heterocycles. The molecular weight excluding hydrogens is 208 g/mol. The number of pyridine rings is 1. The van der Waals surface area contributed by atoms with Crippen molar-refractivity contribution in [2.75, 3.05) is 0 Å². The Morgan fingerprint density at radius 1 is 0.824 bits per heavy atom. The molecule has 0 saturated carbocycles. The molecule has 0 radical (unpaired) electrons. The number of aromatic amines is 1. The van der Waals surface area contributed by atoms with Crippen molar-refractivity contribution in [1.82, 2.24) is 9.97 Å². The predicted octanol–water partition coefficient (Wildman–Crippen LogP) is 3.74. The lowest BCUT2D eigenvalue weighted by Crippen LogP contribution is -1.83. The lowest BCUT2D eigenvalue weighted by molar-refractivity contribution is 1.32. The SMILES string of the molecule is c1ccc(-c2cccc(-c3ccc[nH]3)c2)nc1. The minimum Gasteiger partial charge on any atom is -0.361 e. The van der Waals surface area contributed by atoms with Crippen molar-refractivity contribution >= 4 is 0 Å². The quantitative estimate of drug-likeness (QED) is 0.700. The summed E-state index contributed by atoms with van der Waals surface area (Å²) < 4.78 is 0. The van der Waals surface area contributed by atoms with Gasteiger partial charge in [0.25, 0.3) is 0 Å². The lowest BCUT2D eigenvalue weighted by atomic mass is 10.1. The van der Waals surface area contributed by atoms with E-state index in [2.05, 4.69) is 40.3 Å². The molecule has 82 valence electrons. The van der Waals surface area contributed by atoms with E-state index < -0.39 is 0 Å². The molecule has 2 nitrogen and oxygen atoms in total. The summed E-state index contributed by atoms with van der Waals surface area (Å²) in [5, 5.41) is 0. The Morgan fingerprint density at radius 2 is 1.76 bits per heavy atom. The number of aromatic nitrogens is 2. The van der Waals surface area contributed by atoms with Gasteiger partial charge in [0, 0.05) is 23.7 Å². The van der Waals surface area contributed by atoms with Crippen LogP contribution in [0.3, 0.4) is 0 Å². The second-order valence-electron chi connectivity index (χ2n) is 3.88. The van der Waals surface area contributed by atoms with Crippen molar-refractivity contribution in [2.45, 2.75) is 0 Å². The van der Waals surface area contributed by atoms with E-state index in [9.17, 15) is 0 Å². The second kappa shape index (κ2) is 4.26. The van der Waals surface area contributed by atoms with Crippen molar-refractivity contribution in [3.8, 4) is 22.5 Å². The first kappa shape index (κ1) is 9.85. The minimum absolute atomic E-state index is 1.00. The maximum atomic E-state index is 4.36. The van der Waals surface area contributed by atoms with Crippen LogP contribution in [-0.2, 0) is 0 Å². The number of benzene rings is 1. The fraction of sp³-hybridized carbons (Fsp3) is 0. The van der Waals surface area contributed by atoms with Gasteiger partial charge in [-0.3, -0.25) is 4.98 Å². The van der Waals surface area contributed by atoms with Crippen LogP contribution >= 0.6 is 0 Å². The van der Waals surface area contributed by atoms with Gasteiger partial charge in [0.15, 0.2) is 0 Å². The summed E-state index contributed by atoms with van der Waals surface area (Å²) in [4.78, 5) is 7.57. The van der Waals surface area contributed by atoms with E-state index >= 15 is 0 Å². The fourth-order valence-corrected chi connectivity index (χ4v) is 1.89. The standard InChI is InChI=1S/C15H12N2/c1-2-9-16-14(7-1)12-5-3-6-13(11-12)15-8-4-10-17-15/h1-11,17H. The third kappa shape index (κ3) is 1.97. The number of nitrogens with zero attached hydrogens (tertiary/aromatic N) is 1. The molecule has 1 aromatic carbocycles. The average Bonchev–Trinajstić information content (AvgIpc) is 2.94. The second-order valence-corrected chi connectivity index (χ2v) is 3.88. The molecule has 0 aliphatic heterocycles. The molecule has 0 atom stereocenters. The number of nitrogens with one attached hydrogen (secondary N) is 1. The van der Waals surface area contributed by atoms with Crippen molar-refractivity contribution in [3.63, 3.8) is 0 Å². The van der Waals surface area contributed by atoms with Crippen molar-refractivity contribution in [2.24, 2.45) is 0 Å². The Labute approximate surface area is 100.0 Å². The lowest BCUT2D eigenvalue weighted by Gasteiger charge is -2.03. The Morgan fingerprint density at radius 3 is 2.53 bits per heavy atom. The molecule has 0 aliphatic carbocycles. The highest BCUT2D eigenvalue weighted by Gasteiger charge is 2.01. The Hall–Kier alpha value is -2.35. The monoisotopic (exact) mass is 220 g/mol. The molecule has 0 amide bonds. The molecule has 0 fully saturated rings. The van der Waals surface area contributed by atoms with Gasteiger partial charge < -0.3 is 4.98 Å². The van der Waals surface area contributed by atoms with Crippen LogP contribution in [-0.4, -0.2) is 9.97 Å². The summed E-state index contributed by atoms with van der Waals surface area (Å²) in [6.45, 7) is 0. The van der Waals surface area contributed by atoms with Crippen LogP contribution in [0.15, 0.2) is 67.0 Å². The van der Waals surface area contributed by atoms with E-state index in [4.69, 9.17) is 0 Å². The van der Waals surface area contributed by atoms with E-state index in [0.717, 1.165) is 17.0 Å². The van der Waals surface area contributed by atoms with Gasteiger partial charge in [-0.05, 0) is 35.9 Å². The fourth-order valence-electron chi connectivity index (χ4n) is 1.89. The predicted molar refractivity (Wildman–Crippen MR) is 69.5 cm³/mol. The smallest absolute Gasteiger partial charge is 0.0702 e. The van der Waals surface area contributed by atoms with Crippen molar-refractivity contribution in [3.05, 3.63) is 67.0 Å². The summed E-state index contributed by atoms with van der Waals surface area (Å²) in [7, 11) is 0. The maximum Gasteiger partial charge on any atom is 0.0702 e. The van der Waals surface area contributed by atoms with E-state index in [-0.39, 0.29) is 0 Å². The number of rotatable bonds is 2. The van der Waals surface area contributed by atoms with Crippen LogP contribution in [0.1, 0.15) is 0 Å². The molecule has 2 aromatic heterocycles. The van der Waals surface area contributed by atoms with Gasteiger partial charge in [-0.2, -0.15) is 0 Å². The van der Waals surface area contributed by atoms with Gasteiger partial charge >= 0.3 is 0 Å². The van der Waals surface area contributed by atoms with Gasteiger partial charge in [-0.1, -0.05) is 24.3 Å². The normalized spacial score (nSPS) is 10.4. The summed E-state index contributed by atoms with van der Waals surface area (Å²) in [5.74, 6) is 0. The first-order valence-electron chi connectivity index (χ1n) is 5.59. The van der Waals surface area contributed by atoms with Crippen LogP contribution in [0.2, 0.25) is 0 Å². The zero-order chi connectivity index (χ0) is 11.5. The molecule has 3 aromatic rings. The van der Waals surface area contributed by atoms with Gasteiger partial charge in [0.1, 0.15) is 0 Å². The molecule has 3 rings (SSSR count). The summed E-state index contributed by atoms with van der Waals surface area (Å²) in [6, 6.07) is 18.4. The topological polar surface area (TPSA) is 28.7 Å². The Kier molecular flexibility index (Phi) is 2.47. The van der Waals surface area contributed by atoms with Crippen molar-refractivity contribution < 1.29 is 0 Å². The van der Waals surface area contributed by atoms with Crippen molar-refractivity contribution in [1.29, 1.82) is 0 Å². The molecule has 0 aliphatic rings. The number of H-pyrrole nitrogens is 1. The number of hydrogen-bond acceptors (Lipinski definition) is 1. The van der Waals surface area contributed by atoms with E-state index in [1.54, 1.807) is 0 Å². The molecule has 1 N–H and O–H groups in total. The molecule has 2 heteroatoms. The van der Waals surface area contributed by atoms with Gasteiger partial charge in [-0.15, -0.1) is 0 Å². The highest BCUT2D eigenvalue weighted by atomic mass is 14.7. The van der Waals surface area contributed by atoms with E-state index in [1.807, 2.05) is 36.7 Å². The van der Waals surface area contributed by atoms with E-state index in [0.29, 0.717) is 0 Å². The van der Waals surface area contributed by atoms with Gasteiger partial charge in [0.2, 0.25) is 0 Å². The first-order valence-corrected chi connectivity index (χ1v) is 5.59. The molecule has 17 heavy (non-hydrogen) atoms. The summed E-state index contributed by atoms with van der Waals surface area (Å²) in [6.07, 6.45) is 3.75.